The van der Waals surface area contributed by atoms with Crippen LogP contribution >= 0.6 is 0 Å². The highest BCUT2D eigenvalue weighted by molar-refractivity contribution is 4.83. The molecule has 0 aromatic rings. The summed E-state index contributed by atoms with van der Waals surface area (Å²) in [5.41, 5.74) is 0. The first kappa shape index (κ1) is 17.2. The van der Waals surface area contributed by atoms with Gasteiger partial charge in [0.25, 0.3) is 0 Å². The van der Waals surface area contributed by atoms with E-state index in [0.717, 1.165) is 32.2 Å². The molecule has 2 heterocycles. The maximum Gasteiger partial charge on any atom is 0.0474 e. The van der Waals surface area contributed by atoms with Crippen LogP contribution in [0.2, 0.25) is 0 Å². The zero-order valence-corrected chi connectivity index (χ0v) is 14.1. The first-order valence-electron chi connectivity index (χ1n) is 8.99. The monoisotopic (exact) mass is 297 g/mol. The summed E-state index contributed by atoms with van der Waals surface area (Å²) in [7, 11) is 1.77. The van der Waals surface area contributed by atoms with Gasteiger partial charge in [0.1, 0.15) is 0 Å². The maximum atomic E-state index is 5.08. The third-order valence-corrected chi connectivity index (χ3v) is 5.17. The second kappa shape index (κ2) is 9.78. The van der Waals surface area contributed by atoms with Crippen molar-refractivity contribution in [3.8, 4) is 0 Å². The molecule has 0 radical (unpaired) electrons. The molecule has 2 rings (SSSR count). The Bertz CT molecular complexity index is 261. The van der Waals surface area contributed by atoms with Crippen LogP contribution in [0.25, 0.3) is 0 Å². The standard InChI is InChI=1S/C17H35N3O/c1-16(15-18-9-6-14-21-2)19-12-7-17(8-13-19)20-10-4-3-5-11-20/h16-18H,3-15H2,1-2H3. The van der Waals surface area contributed by atoms with Crippen molar-refractivity contribution < 1.29 is 4.74 Å². The van der Waals surface area contributed by atoms with E-state index in [1.54, 1.807) is 7.11 Å². The van der Waals surface area contributed by atoms with Crippen LogP contribution < -0.4 is 5.32 Å². The lowest BCUT2D eigenvalue weighted by Crippen LogP contribution is -2.50. The van der Waals surface area contributed by atoms with Gasteiger partial charge in [0.2, 0.25) is 0 Å². The fraction of sp³-hybridized carbons (Fsp3) is 1.00. The second-order valence-electron chi connectivity index (χ2n) is 6.76. The third kappa shape index (κ3) is 5.85. The lowest BCUT2D eigenvalue weighted by Gasteiger charge is -2.42. The van der Waals surface area contributed by atoms with E-state index in [2.05, 4.69) is 22.0 Å². The zero-order valence-electron chi connectivity index (χ0n) is 14.1. The molecular formula is C17H35N3O. The van der Waals surface area contributed by atoms with Gasteiger partial charge in [-0.2, -0.15) is 0 Å². The van der Waals surface area contributed by atoms with E-state index in [1.165, 1.54) is 58.3 Å². The molecule has 0 aromatic heterocycles. The minimum Gasteiger partial charge on any atom is -0.385 e. The van der Waals surface area contributed by atoms with E-state index in [-0.39, 0.29) is 0 Å². The second-order valence-corrected chi connectivity index (χ2v) is 6.76. The number of hydrogen-bond acceptors (Lipinski definition) is 4. The Morgan fingerprint density at radius 1 is 1.10 bits per heavy atom. The largest absolute Gasteiger partial charge is 0.385 e. The number of nitrogens with zero attached hydrogens (tertiary/aromatic N) is 2. The molecule has 0 saturated carbocycles. The van der Waals surface area contributed by atoms with Gasteiger partial charge in [-0.15, -0.1) is 0 Å². The molecule has 2 saturated heterocycles. The van der Waals surface area contributed by atoms with E-state index >= 15 is 0 Å². The maximum absolute atomic E-state index is 5.08. The molecule has 1 N–H and O–H groups in total. The van der Waals surface area contributed by atoms with Gasteiger partial charge in [0, 0.05) is 32.3 Å². The Labute approximate surface area is 131 Å². The number of hydrogen-bond donors (Lipinski definition) is 1. The van der Waals surface area contributed by atoms with Gasteiger partial charge in [-0.25, -0.2) is 0 Å². The molecule has 4 nitrogen and oxygen atoms in total. The van der Waals surface area contributed by atoms with Crippen molar-refractivity contribution in [1.82, 2.24) is 15.1 Å². The predicted octanol–water partition coefficient (Wildman–Crippen LogP) is 1.95. The first-order valence-corrected chi connectivity index (χ1v) is 8.99. The van der Waals surface area contributed by atoms with Gasteiger partial charge in [-0.05, 0) is 71.8 Å². The summed E-state index contributed by atoms with van der Waals surface area (Å²) in [4.78, 5) is 5.43. The molecule has 21 heavy (non-hydrogen) atoms. The topological polar surface area (TPSA) is 27.7 Å². The van der Waals surface area contributed by atoms with Gasteiger partial charge < -0.3 is 15.0 Å². The molecular weight excluding hydrogens is 262 g/mol. The quantitative estimate of drug-likeness (QED) is 0.693. The molecule has 0 aromatic carbocycles. The van der Waals surface area contributed by atoms with E-state index in [4.69, 9.17) is 4.74 Å². The molecule has 2 aliphatic rings. The smallest absolute Gasteiger partial charge is 0.0474 e. The first-order chi connectivity index (χ1) is 10.3. The van der Waals surface area contributed by atoms with E-state index in [1.807, 2.05) is 0 Å². The number of nitrogens with one attached hydrogen (secondary N) is 1. The van der Waals surface area contributed by atoms with E-state index in [0.29, 0.717) is 6.04 Å². The Morgan fingerprint density at radius 2 is 1.81 bits per heavy atom. The Kier molecular flexibility index (Phi) is 8.01. The fourth-order valence-corrected chi connectivity index (χ4v) is 3.76. The highest BCUT2D eigenvalue weighted by Gasteiger charge is 2.27. The molecule has 2 fully saturated rings. The fourth-order valence-electron chi connectivity index (χ4n) is 3.76. The van der Waals surface area contributed by atoms with Crippen LogP contribution in [-0.4, -0.2) is 74.9 Å². The van der Waals surface area contributed by atoms with Crippen molar-refractivity contribution in [2.45, 2.75) is 57.5 Å². The van der Waals surface area contributed by atoms with Crippen LogP contribution in [0, 0.1) is 0 Å². The van der Waals surface area contributed by atoms with Crippen molar-refractivity contribution in [1.29, 1.82) is 0 Å². The van der Waals surface area contributed by atoms with Crippen molar-refractivity contribution in [3.63, 3.8) is 0 Å². The SMILES string of the molecule is COCCCNCC(C)N1CCC(N2CCCCC2)CC1. The summed E-state index contributed by atoms with van der Waals surface area (Å²) >= 11 is 0. The molecule has 1 unspecified atom stereocenters. The number of methoxy groups -OCH3 is 1. The van der Waals surface area contributed by atoms with Gasteiger partial charge >= 0.3 is 0 Å². The van der Waals surface area contributed by atoms with Crippen molar-refractivity contribution in [2.24, 2.45) is 0 Å². The Hall–Kier alpha value is -0.160. The summed E-state index contributed by atoms with van der Waals surface area (Å²) in [6, 6.07) is 1.53. The summed E-state index contributed by atoms with van der Waals surface area (Å²) in [5.74, 6) is 0. The molecule has 0 amide bonds. The minimum atomic E-state index is 0.662. The summed E-state index contributed by atoms with van der Waals surface area (Å²) in [5, 5.41) is 3.56. The van der Waals surface area contributed by atoms with Gasteiger partial charge in [0.15, 0.2) is 0 Å². The normalized spacial score (nSPS) is 24.3. The summed E-state index contributed by atoms with van der Waals surface area (Å²) < 4.78 is 5.08. The van der Waals surface area contributed by atoms with Crippen LogP contribution in [0.4, 0.5) is 0 Å². The molecule has 4 heteroatoms. The third-order valence-electron chi connectivity index (χ3n) is 5.17. The summed E-state index contributed by atoms with van der Waals surface area (Å²) in [6.07, 6.45) is 8.13. The van der Waals surface area contributed by atoms with Crippen molar-refractivity contribution in [2.75, 3.05) is 53.0 Å². The number of rotatable bonds is 8. The van der Waals surface area contributed by atoms with Crippen LogP contribution in [0.1, 0.15) is 45.4 Å². The van der Waals surface area contributed by atoms with Crippen LogP contribution in [0.15, 0.2) is 0 Å². The van der Waals surface area contributed by atoms with Gasteiger partial charge in [-0.1, -0.05) is 6.42 Å². The highest BCUT2D eigenvalue weighted by atomic mass is 16.5. The van der Waals surface area contributed by atoms with Crippen molar-refractivity contribution in [3.05, 3.63) is 0 Å². The Balaban J connectivity index is 1.59. The molecule has 0 aliphatic carbocycles. The molecule has 1 atom stereocenters. The lowest BCUT2D eigenvalue weighted by atomic mass is 9.99. The highest BCUT2D eigenvalue weighted by Crippen LogP contribution is 2.21. The average molecular weight is 297 g/mol. The Morgan fingerprint density at radius 3 is 2.48 bits per heavy atom. The van der Waals surface area contributed by atoms with Crippen molar-refractivity contribution >= 4 is 0 Å². The number of ether oxygens (including phenoxy) is 1. The van der Waals surface area contributed by atoms with Gasteiger partial charge in [0.05, 0.1) is 0 Å². The molecule has 124 valence electrons. The van der Waals surface area contributed by atoms with E-state index in [9.17, 15) is 0 Å². The number of piperidine rings is 2. The molecule has 0 bridgehead atoms. The van der Waals surface area contributed by atoms with Crippen LogP contribution in [0.5, 0.6) is 0 Å². The predicted molar refractivity (Wildman–Crippen MR) is 88.8 cm³/mol. The van der Waals surface area contributed by atoms with Crippen LogP contribution in [0.3, 0.4) is 0 Å². The minimum absolute atomic E-state index is 0.662. The number of likely N-dealkylation sites (tertiary alicyclic amines) is 2. The summed E-state index contributed by atoms with van der Waals surface area (Å²) in [6.45, 7) is 10.7. The van der Waals surface area contributed by atoms with Crippen LogP contribution in [-0.2, 0) is 4.74 Å². The molecule has 0 spiro atoms. The average Bonchev–Trinajstić information content (AvgIpc) is 2.55. The molecule has 2 aliphatic heterocycles. The van der Waals surface area contributed by atoms with Gasteiger partial charge in [-0.3, -0.25) is 4.90 Å². The zero-order chi connectivity index (χ0) is 14.9. The van der Waals surface area contributed by atoms with E-state index < -0.39 is 0 Å². The lowest BCUT2D eigenvalue weighted by molar-refractivity contribution is 0.0756.